The van der Waals surface area contributed by atoms with Gasteiger partial charge in [0, 0.05) is 11.6 Å². The Morgan fingerprint density at radius 3 is 1.97 bits per heavy atom. The summed E-state index contributed by atoms with van der Waals surface area (Å²) in [6.45, 7) is 2.11. The highest BCUT2D eigenvalue weighted by atomic mass is 79.9. The third-order valence-corrected chi connectivity index (χ3v) is 7.38. The van der Waals surface area contributed by atoms with Crippen molar-refractivity contribution in [3.63, 3.8) is 0 Å². The summed E-state index contributed by atoms with van der Waals surface area (Å²) in [6.07, 6.45) is 18.1. The number of ether oxygens (including phenoxy) is 1. The number of halogens is 3. The van der Waals surface area contributed by atoms with E-state index in [4.69, 9.17) is 4.74 Å². The van der Waals surface area contributed by atoms with E-state index in [2.05, 4.69) is 43.0 Å². The van der Waals surface area contributed by atoms with Crippen molar-refractivity contribution in [3.8, 4) is 0 Å². The number of rotatable bonds is 18. The predicted molar refractivity (Wildman–Crippen MR) is 143 cm³/mol. The molecule has 0 spiro atoms. The van der Waals surface area contributed by atoms with Crippen molar-refractivity contribution in [1.82, 2.24) is 29.5 Å². The molecule has 38 heavy (non-hydrogen) atoms. The molecule has 0 saturated carbocycles. The molecule has 0 fully saturated rings. The van der Waals surface area contributed by atoms with Gasteiger partial charge in [0.05, 0.1) is 13.1 Å². The highest BCUT2D eigenvalue weighted by Crippen LogP contribution is 2.34. The third-order valence-electron chi connectivity index (χ3n) is 6.55. The number of hydrogen-bond donors (Lipinski definition) is 0. The topological polar surface area (TPSA) is 87.7 Å². The van der Waals surface area contributed by atoms with Gasteiger partial charge in [-0.15, -0.1) is 0 Å². The van der Waals surface area contributed by atoms with E-state index in [1.165, 1.54) is 85.7 Å². The predicted octanol–water partition coefficient (Wildman–Crippen LogP) is 6.36. The highest BCUT2D eigenvalue weighted by Gasteiger charge is 2.42. The first-order valence-corrected chi connectivity index (χ1v) is 14.3. The minimum absolute atomic E-state index is 0.0110. The minimum Gasteiger partial charge on any atom is -0.449 e. The van der Waals surface area contributed by atoms with Crippen molar-refractivity contribution < 1.29 is 18.3 Å². The molecule has 208 valence electrons. The van der Waals surface area contributed by atoms with Crippen molar-refractivity contribution in [1.29, 1.82) is 0 Å². The smallest absolute Gasteiger partial charge is 0.320 e. The molecule has 0 saturated heterocycles. The first-order valence-electron chi connectivity index (χ1n) is 13.4. The standard InChI is InChI=1S/C27H37BrF2N6O2/c1-2-3-4-5-6-7-8-9-10-11-12-24(28)26(37)38-27(16-35-20-31-18-33-35,17-36-21-32-19-34-36)23-14-13-22(29)15-25(23)30/h13-15,18-21,24H,2-12,16-17H2,1H3. The molecular formula is C27H37BrF2N6O2. The summed E-state index contributed by atoms with van der Waals surface area (Å²) in [5, 5.41) is 8.24. The highest BCUT2D eigenvalue weighted by molar-refractivity contribution is 9.10. The molecule has 11 heteroatoms. The fourth-order valence-corrected chi connectivity index (χ4v) is 4.95. The molecule has 1 aromatic carbocycles. The van der Waals surface area contributed by atoms with Crippen LogP contribution in [0.25, 0.3) is 0 Å². The number of nitrogens with zero attached hydrogens (tertiary/aromatic N) is 6. The van der Waals surface area contributed by atoms with Crippen molar-refractivity contribution in [3.05, 3.63) is 60.7 Å². The lowest BCUT2D eigenvalue weighted by atomic mass is 9.92. The number of aromatic nitrogens is 6. The Labute approximate surface area is 231 Å². The summed E-state index contributed by atoms with van der Waals surface area (Å²) < 4.78 is 37.9. The zero-order chi connectivity index (χ0) is 27.2. The fourth-order valence-electron chi connectivity index (χ4n) is 4.54. The lowest BCUT2D eigenvalue weighted by molar-refractivity contribution is -0.165. The lowest BCUT2D eigenvalue weighted by Crippen LogP contribution is -2.43. The summed E-state index contributed by atoms with van der Waals surface area (Å²) in [4.78, 5) is 20.6. The third kappa shape index (κ3) is 9.25. The Hall–Kier alpha value is -2.69. The molecule has 3 aromatic rings. The van der Waals surface area contributed by atoms with Crippen LogP contribution >= 0.6 is 15.9 Å². The van der Waals surface area contributed by atoms with Gasteiger partial charge in [-0.2, -0.15) is 10.2 Å². The SMILES string of the molecule is CCCCCCCCCCCCC(Br)C(=O)OC(Cn1cncn1)(Cn1cncn1)c1ccc(F)cc1F. The van der Waals surface area contributed by atoms with Gasteiger partial charge >= 0.3 is 5.97 Å². The van der Waals surface area contributed by atoms with Crippen LogP contribution in [0.1, 0.15) is 83.1 Å². The van der Waals surface area contributed by atoms with Crippen LogP contribution in [0.2, 0.25) is 0 Å². The van der Waals surface area contributed by atoms with Crippen molar-refractivity contribution in [2.24, 2.45) is 0 Å². The Bertz CT molecular complexity index is 1050. The van der Waals surface area contributed by atoms with Gasteiger partial charge in [-0.05, 0) is 18.6 Å². The van der Waals surface area contributed by atoms with Crippen LogP contribution in [-0.4, -0.2) is 40.3 Å². The summed E-state index contributed by atoms with van der Waals surface area (Å²) in [5.41, 5.74) is -1.57. The van der Waals surface area contributed by atoms with Crippen LogP contribution in [0.15, 0.2) is 43.5 Å². The van der Waals surface area contributed by atoms with E-state index in [9.17, 15) is 9.18 Å². The van der Waals surface area contributed by atoms with Gasteiger partial charge in [-0.1, -0.05) is 87.1 Å². The summed E-state index contributed by atoms with van der Waals surface area (Å²) >= 11 is 3.47. The van der Waals surface area contributed by atoms with Crippen molar-refractivity contribution >= 4 is 21.9 Å². The number of carbonyl (C=O) groups is 1. The van der Waals surface area contributed by atoms with Gasteiger partial charge < -0.3 is 4.74 Å². The van der Waals surface area contributed by atoms with Gasteiger partial charge in [0.15, 0.2) is 5.60 Å². The van der Waals surface area contributed by atoms with E-state index in [1.807, 2.05) is 0 Å². The monoisotopic (exact) mass is 594 g/mol. The maximum Gasteiger partial charge on any atom is 0.320 e. The van der Waals surface area contributed by atoms with Crippen molar-refractivity contribution in [2.75, 3.05) is 0 Å². The molecular weight excluding hydrogens is 558 g/mol. The van der Waals surface area contributed by atoms with E-state index in [0.717, 1.165) is 31.4 Å². The van der Waals surface area contributed by atoms with Gasteiger partial charge in [-0.25, -0.2) is 28.1 Å². The molecule has 0 aliphatic rings. The van der Waals surface area contributed by atoms with Crippen molar-refractivity contribution in [2.45, 2.75) is 101 Å². The maximum atomic E-state index is 15.2. The molecule has 1 atom stereocenters. The Balaban J connectivity index is 1.66. The molecule has 2 heterocycles. The zero-order valence-corrected chi connectivity index (χ0v) is 23.5. The van der Waals surface area contributed by atoms with E-state index in [-0.39, 0.29) is 18.7 Å². The molecule has 0 radical (unpaired) electrons. The second-order valence-corrected chi connectivity index (χ2v) is 10.8. The quantitative estimate of drug-likeness (QED) is 0.0967. The second kappa shape index (κ2) is 15.7. The number of hydrogen-bond acceptors (Lipinski definition) is 6. The van der Waals surface area contributed by atoms with E-state index < -0.39 is 28.0 Å². The Kier molecular flexibility index (Phi) is 12.3. The molecule has 0 amide bonds. The van der Waals surface area contributed by atoms with Gasteiger partial charge in [0.2, 0.25) is 0 Å². The Morgan fingerprint density at radius 1 is 0.921 bits per heavy atom. The molecule has 2 aromatic heterocycles. The number of esters is 1. The Morgan fingerprint density at radius 2 is 1.47 bits per heavy atom. The summed E-state index contributed by atoms with van der Waals surface area (Å²) in [7, 11) is 0. The van der Waals surface area contributed by atoms with Crippen LogP contribution in [0.3, 0.4) is 0 Å². The summed E-state index contributed by atoms with van der Waals surface area (Å²) in [6, 6.07) is 3.20. The first-order chi connectivity index (χ1) is 18.4. The molecule has 3 rings (SSSR count). The number of carbonyl (C=O) groups excluding carboxylic acids is 1. The van der Waals surface area contributed by atoms with Crippen LogP contribution in [-0.2, 0) is 28.2 Å². The van der Waals surface area contributed by atoms with Crippen LogP contribution in [0.5, 0.6) is 0 Å². The van der Waals surface area contributed by atoms with Crippen LogP contribution in [0.4, 0.5) is 8.78 Å². The molecule has 0 aliphatic carbocycles. The minimum atomic E-state index is -1.58. The lowest BCUT2D eigenvalue weighted by Gasteiger charge is -2.34. The largest absolute Gasteiger partial charge is 0.449 e. The average molecular weight is 596 g/mol. The van der Waals surface area contributed by atoms with Gasteiger partial charge in [0.25, 0.3) is 0 Å². The molecule has 0 aliphatic heterocycles. The fraction of sp³-hybridized carbons (Fsp3) is 0.593. The number of alkyl halides is 1. The molecule has 0 N–H and O–H groups in total. The molecule has 8 nitrogen and oxygen atoms in total. The second-order valence-electron chi connectivity index (χ2n) is 9.66. The number of unbranched alkanes of at least 4 members (excludes halogenated alkanes) is 9. The summed E-state index contributed by atoms with van der Waals surface area (Å²) in [5.74, 6) is -2.10. The van der Waals surface area contributed by atoms with Gasteiger partial charge in [-0.3, -0.25) is 4.79 Å². The van der Waals surface area contributed by atoms with Crippen LogP contribution < -0.4 is 0 Å². The molecule has 1 unspecified atom stereocenters. The average Bonchev–Trinajstić information content (AvgIpc) is 3.59. The van der Waals surface area contributed by atoms with Gasteiger partial charge in [0.1, 0.15) is 41.8 Å². The maximum absolute atomic E-state index is 15.2. The normalized spacial score (nSPS) is 12.5. The van der Waals surface area contributed by atoms with E-state index in [1.54, 1.807) is 0 Å². The number of benzene rings is 1. The zero-order valence-electron chi connectivity index (χ0n) is 21.9. The van der Waals surface area contributed by atoms with E-state index in [0.29, 0.717) is 6.42 Å². The van der Waals surface area contributed by atoms with Crippen LogP contribution in [0, 0.1) is 11.6 Å². The first kappa shape index (κ1) is 29.9. The molecule has 0 bridgehead atoms. The van der Waals surface area contributed by atoms with E-state index >= 15 is 4.39 Å².